The number of nitrogens with zero attached hydrogens (tertiary/aromatic N) is 5. The monoisotopic (exact) mass is 394 g/mol. The van der Waals surface area contributed by atoms with Gasteiger partial charge in [-0.05, 0) is 29.8 Å². The Kier molecular flexibility index (Phi) is 4.53. The minimum atomic E-state index is 0.0664. The molecule has 7 nitrogen and oxygen atoms in total. The molecule has 5 aromatic rings. The van der Waals surface area contributed by atoms with Gasteiger partial charge in [0.05, 0.1) is 18.4 Å². The molecule has 0 aliphatic rings. The number of pyridine rings is 2. The molecular weight excluding hydrogens is 376 g/mol. The topological polar surface area (TPSA) is 88.2 Å². The van der Waals surface area contributed by atoms with E-state index in [-0.39, 0.29) is 5.75 Å². The number of rotatable bonds is 5. The van der Waals surface area contributed by atoms with Gasteiger partial charge in [-0.15, -0.1) is 5.10 Å². The quantitative estimate of drug-likeness (QED) is 0.465. The Hall–Kier alpha value is -4.26. The van der Waals surface area contributed by atoms with E-state index in [1.54, 1.807) is 23.0 Å². The van der Waals surface area contributed by atoms with Gasteiger partial charge in [0.15, 0.2) is 11.6 Å². The summed E-state index contributed by atoms with van der Waals surface area (Å²) in [6, 6.07) is 19.5. The first kappa shape index (κ1) is 17.8. The molecule has 0 amide bonds. The van der Waals surface area contributed by atoms with Crippen LogP contribution >= 0.6 is 0 Å². The molecule has 0 radical (unpaired) electrons. The molecule has 1 aromatic carbocycles. The lowest BCUT2D eigenvalue weighted by Crippen LogP contribution is -2.08. The van der Waals surface area contributed by atoms with Crippen LogP contribution < -0.4 is 5.32 Å². The Morgan fingerprint density at radius 3 is 2.60 bits per heavy atom. The fourth-order valence-corrected chi connectivity index (χ4v) is 3.35. The third-order valence-corrected chi connectivity index (χ3v) is 4.74. The molecule has 0 unspecified atom stereocenters. The number of hydrogen-bond acceptors (Lipinski definition) is 6. The number of aromatic hydroxyl groups is 1. The molecule has 4 aromatic heterocycles. The van der Waals surface area contributed by atoms with Gasteiger partial charge < -0.3 is 10.4 Å². The van der Waals surface area contributed by atoms with Gasteiger partial charge in [-0.3, -0.25) is 9.97 Å². The third-order valence-electron chi connectivity index (χ3n) is 4.74. The molecule has 7 heteroatoms. The zero-order chi connectivity index (χ0) is 20.3. The normalized spacial score (nSPS) is 10.9. The van der Waals surface area contributed by atoms with Crippen LogP contribution in [0.15, 0.2) is 85.5 Å². The SMILES string of the molecule is Oc1cncc(-c2nc(NCc3ccccn3)c3c(-c4ccccc4)ccn3n2)c1. The molecule has 0 bridgehead atoms. The van der Waals surface area contributed by atoms with E-state index in [4.69, 9.17) is 4.98 Å². The van der Waals surface area contributed by atoms with Crippen LogP contribution in [0, 0.1) is 0 Å². The average Bonchev–Trinajstić information content (AvgIpc) is 3.23. The second-order valence-corrected chi connectivity index (χ2v) is 6.78. The number of nitrogens with one attached hydrogen (secondary N) is 1. The van der Waals surface area contributed by atoms with Crippen molar-refractivity contribution in [3.8, 4) is 28.3 Å². The van der Waals surface area contributed by atoms with E-state index in [0.717, 1.165) is 22.3 Å². The van der Waals surface area contributed by atoms with Crippen molar-refractivity contribution in [1.29, 1.82) is 0 Å². The van der Waals surface area contributed by atoms with Crippen molar-refractivity contribution in [3.63, 3.8) is 0 Å². The molecule has 30 heavy (non-hydrogen) atoms. The van der Waals surface area contributed by atoms with Crippen LogP contribution in [0.5, 0.6) is 5.75 Å². The maximum absolute atomic E-state index is 9.81. The molecule has 0 saturated heterocycles. The summed E-state index contributed by atoms with van der Waals surface area (Å²) in [5.41, 5.74) is 4.51. The maximum atomic E-state index is 9.81. The van der Waals surface area contributed by atoms with Crippen LogP contribution in [-0.4, -0.2) is 29.7 Å². The molecule has 4 heterocycles. The van der Waals surface area contributed by atoms with Crippen molar-refractivity contribution < 1.29 is 5.11 Å². The van der Waals surface area contributed by atoms with Crippen molar-refractivity contribution in [3.05, 3.63) is 91.1 Å². The lowest BCUT2D eigenvalue weighted by Gasteiger charge is -2.11. The van der Waals surface area contributed by atoms with Crippen LogP contribution in [0.3, 0.4) is 0 Å². The minimum Gasteiger partial charge on any atom is -0.506 e. The van der Waals surface area contributed by atoms with E-state index in [9.17, 15) is 5.11 Å². The van der Waals surface area contributed by atoms with Crippen LogP contribution in [0.25, 0.3) is 28.0 Å². The molecule has 0 aliphatic heterocycles. The number of hydrogen-bond donors (Lipinski definition) is 2. The first-order valence-corrected chi connectivity index (χ1v) is 9.51. The summed E-state index contributed by atoms with van der Waals surface area (Å²) in [5, 5.41) is 17.9. The van der Waals surface area contributed by atoms with Crippen LogP contribution in [0.4, 0.5) is 5.82 Å². The van der Waals surface area contributed by atoms with Crippen LogP contribution in [-0.2, 0) is 6.54 Å². The van der Waals surface area contributed by atoms with Crippen molar-refractivity contribution in [1.82, 2.24) is 24.6 Å². The van der Waals surface area contributed by atoms with E-state index < -0.39 is 0 Å². The predicted molar refractivity (Wildman–Crippen MR) is 115 cm³/mol. The highest BCUT2D eigenvalue weighted by Gasteiger charge is 2.15. The van der Waals surface area contributed by atoms with Crippen LogP contribution in [0.2, 0.25) is 0 Å². The molecule has 0 saturated carbocycles. The van der Waals surface area contributed by atoms with Crippen molar-refractivity contribution >= 4 is 11.3 Å². The van der Waals surface area contributed by atoms with E-state index in [2.05, 4.69) is 32.5 Å². The standard InChI is InChI=1S/C23H18N6O/c30-19-12-17(13-24-15-19)22-27-23(26-14-18-8-4-5-10-25-18)21-20(9-11-29(21)28-22)16-6-2-1-3-7-16/h1-13,15,30H,14H2,(H,26,27,28). The van der Waals surface area contributed by atoms with E-state index >= 15 is 0 Å². The molecule has 5 rings (SSSR count). The molecule has 146 valence electrons. The van der Waals surface area contributed by atoms with Gasteiger partial charge in [-0.1, -0.05) is 36.4 Å². The van der Waals surface area contributed by atoms with Gasteiger partial charge in [0.25, 0.3) is 0 Å². The third kappa shape index (κ3) is 3.44. The molecule has 0 spiro atoms. The number of benzene rings is 1. The Labute approximate surface area is 172 Å². The summed E-state index contributed by atoms with van der Waals surface area (Å²) in [5.74, 6) is 1.21. The van der Waals surface area contributed by atoms with Crippen molar-refractivity contribution in [2.75, 3.05) is 5.32 Å². The summed E-state index contributed by atoms with van der Waals surface area (Å²) in [7, 11) is 0. The largest absolute Gasteiger partial charge is 0.506 e. The molecule has 0 aliphatic carbocycles. The van der Waals surface area contributed by atoms with Gasteiger partial charge in [-0.2, -0.15) is 0 Å². The van der Waals surface area contributed by atoms with Gasteiger partial charge >= 0.3 is 0 Å². The van der Waals surface area contributed by atoms with Crippen molar-refractivity contribution in [2.45, 2.75) is 6.54 Å². The Balaban J connectivity index is 1.65. The first-order chi connectivity index (χ1) is 14.8. The highest BCUT2D eigenvalue weighted by Crippen LogP contribution is 2.31. The highest BCUT2D eigenvalue weighted by atomic mass is 16.3. The van der Waals surface area contributed by atoms with Crippen molar-refractivity contribution in [2.24, 2.45) is 0 Å². The molecule has 0 atom stereocenters. The summed E-state index contributed by atoms with van der Waals surface area (Å²) in [6.07, 6.45) is 6.69. The number of aromatic nitrogens is 5. The lowest BCUT2D eigenvalue weighted by molar-refractivity contribution is 0.473. The smallest absolute Gasteiger partial charge is 0.183 e. The Morgan fingerprint density at radius 1 is 0.933 bits per heavy atom. The Bertz CT molecular complexity index is 1300. The Morgan fingerprint density at radius 2 is 1.80 bits per heavy atom. The van der Waals surface area contributed by atoms with Gasteiger partial charge in [-0.25, -0.2) is 9.50 Å². The zero-order valence-corrected chi connectivity index (χ0v) is 16.0. The van der Waals surface area contributed by atoms with E-state index in [1.165, 1.54) is 6.20 Å². The zero-order valence-electron chi connectivity index (χ0n) is 16.0. The predicted octanol–water partition coefficient (Wildman–Crippen LogP) is 4.17. The highest BCUT2D eigenvalue weighted by molar-refractivity contribution is 5.89. The molecule has 2 N–H and O–H groups in total. The summed E-state index contributed by atoms with van der Waals surface area (Å²) < 4.78 is 1.80. The van der Waals surface area contributed by atoms with E-state index in [0.29, 0.717) is 23.8 Å². The van der Waals surface area contributed by atoms with Gasteiger partial charge in [0.2, 0.25) is 0 Å². The fraction of sp³-hybridized carbons (Fsp3) is 0.0435. The van der Waals surface area contributed by atoms with E-state index in [1.807, 2.05) is 48.7 Å². The number of fused-ring (bicyclic) bond motifs is 1. The second-order valence-electron chi connectivity index (χ2n) is 6.78. The summed E-state index contributed by atoms with van der Waals surface area (Å²) in [6.45, 7) is 0.519. The molecule has 0 fully saturated rings. The minimum absolute atomic E-state index is 0.0664. The lowest BCUT2D eigenvalue weighted by atomic mass is 10.1. The average molecular weight is 394 g/mol. The summed E-state index contributed by atoms with van der Waals surface area (Å²) >= 11 is 0. The number of anilines is 1. The summed E-state index contributed by atoms with van der Waals surface area (Å²) in [4.78, 5) is 13.2. The van der Waals surface area contributed by atoms with Gasteiger partial charge in [0, 0.05) is 29.7 Å². The fourth-order valence-electron chi connectivity index (χ4n) is 3.35. The molecular formula is C23H18N6O. The van der Waals surface area contributed by atoms with Crippen LogP contribution in [0.1, 0.15) is 5.69 Å². The first-order valence-electron chi connectivity index (χ1n) is 9.51. The second kappa shape index (κ2) is 7.63. The van der Waals surface area contributed by atoms with Gasteiger partial charge in [0.1, 0.15) is 11.3 Å². The maximum Gasteiger partial charge on any atom is 0.183 e.